The SMILES string of the molecule is CCCCCCOc1ccc(C(=O)NN2C(=O)N[C@](CC)(c3ccccc3)C2=O)cc1. The Kier molecular flexibility index (Phi) is 7.28. The van der Waals surface area contributed by atoms with Crippen LogP contribution in [0.4, 0.5) is 4.79 Å². The van der Waals surface area contributed by atoms with E-state index in [2.05, 4.69) is 17.7 Å². The number of urea groups is 1. The topological polar surface area (TPSA) is 87.7 Å². The minimum atomic E-state index is -1.19. The third kappa shape index (κ3) is 4.87. The molecule has 1 atom stereocenters. The quantitative estimate of drug-likeness (QED) is 0.444. The predicted octanol–water partition coefficient (Wildman–Crippen LogP) is 4.15. The van der Waals surface area contributed by atoms with Crippen molar-refractivity contribution >= 4 is 17.8 Å². The molecule has 0 saturated carbocycles. The number of carbonyl (C=O) groups excluding carboxylic acids is 3. The van der Waals surface area contributed by atoms with E-state index in [0.717, 1.165) is 17.9 Å². The van der Waals surface area contributed by atoms with Crippen molar-refractivity contribution in [2.75, 3.05) is 6.61 Å². The van der Waals surface area contributed by atoms with E-state index >= 15 is 0 Å². The van der Waals surface area contributed by atoms with Gasteiger partial charge in [-0.2, -0.15) is 5.01 Å². The Hall–Kier alpha value is -3.35. The molecule has 7 heteroatoms. The van der Waals surface area contributed by atoms with Crippen LogP contribution in [-0.4, -0.2) is 29.5 Å². The summed E-state index contributed by atoms with van der Waals surface area (Å²) in [6, 6.07) is 15.0. The van der Waals surface area contributed by atoms with Gasteiger partial charge in [-0.15, -0.1) is 0 Å². The van der Waals surface area contributed by atoms with Crippen molar-refractivity contribution in [1.29, 1.82) is 0 Å². The van der Waals surface area contributed by atoms with Crippen molar-refractivity contribution in [1.82, 2.24) is 15.8 Å². The Balaban J connectivity index is 1.63. The fraction of sp³-hybridized carbons (Fsp3) is 0.375. The van der Waals surface area contributed by atoms with E-state index in [1.54, 1.807) is 48.5 Å². The van der Waals surface area contributed by atoms with Crippen molar-refractivity contribution in [3.63, 3.8) is 0 Å². The minimum absolute atomic E-state index is 0.327. The lowest BCUT2D eigenvalue weighted by molar-refractivity contribution is -0.133. The third-order valence-corrected chi connectivity index (χ3v) is 5.48. The molecule has 2 N–H and O–H groups in total. The summed E-state index contributed by atoms with van der Waals surface area (Å²) < 4.78 is 5.69. The number of ether oxygens (including phenoxy) is 1. The van der Waals surface area contributed by atoms with Gasteiger partial charge in [0.15, 0.2) is 0 Å². The molecule has 1 aliphatic rings. The van der Waals surface area contributed by atoms with E-state index in [-0.39, 0.29) is 0 Å². The van der Waals surface area contributed by atoms with Crippen LogP contribution in [0.25, 0.3) is 0 Å². The van der Waals surface area contributed by atoms with Crippen LogP contribution in [0.3, 0.4) is 0 Å². The van der Waals surface area contributed by atoms with Crippen LogP contribution >= 0.6 is 0 Å². The molecule has 1 heterocycles. The highest BCUT2D eigenvalue weighted by atomic mass is 16.5. The summed E-state index contributed by atoms with van der Waals surface area (Å²) in [6.45, 7) is 4.61. The number of imide groups is 1. The van der Waals surface area contributed by atoms with Crippen molar-refractivity contribution in [2.24, 2.45) is 0 Å². The zero-order valence-electron chi connectivity index (χ0n) is 18.0. The standard InChI is InChI=1S/C24H29N3O4/c1-3-5-6-10-17-31-20-15-13-18(14-16-20)21(28)26-27-22(29)24(4-2,25-23(27)30)19-11-8-7-9-12-19/h7-9,11-16H,3-6,10,17H2,1-2H3,(H,25,30)(H,26,28)/t24-/m1/s1. The van der Waals surface area contributed by atoms with Crippen LogP contribution in [0, 0.1) is 0 Å². The van der Waals surface area contributed by atoms with Gasteiger partial charge in [0.2, 0.25) is 0 Å². The fourth-order valence-electron chi connectivity index (χ4n) is 3.63. The van der Waals surface area contributed by atoms with E-state index in [0.29, 0.717) is 29.9 Å². The molecular weight excluding hydrogens is 394 g/mol. The van der Waals surface area contributed by atoms with Crippen LogP contribution in [0.5, 0.6) is 5.75 Å². The lowest BCUT2D eigenvalue weighted by atomic mass is 9.87. The maximum Gasteiger partial charge on any atom is 0.344 e. The second-order valence-corrected chi connectivity index (χ2v) is 7.57. The molecule has 7 nitrogen and oxygen atoms in total. The van der Waals surface area contributed by atoms with Gasteiger partial charge in [0.05, 0.1) is 6.61 Å². The van der Waals surface area contributed by atoms with Crippen molar-refractivity contribution < 1.29 is 19.1 Å². The van der Waals surface area contributed by atoms with Crippen LogP contribution in [0.15, 0.2) is 54.6 Å². The van der Waals surface area contributed by atoms with E-state index in [4.69, 9.17) is 4.74 Å². The maximum absolute atomic E-state index is 13.1. The number of unbranched alkanes of at least 4 members (excludes halogenated alkanes) is 3. The van der Waals surface area contributed by atoms with E-state index in [1.165, 1.54) is 12.8 Å². The minimum Gasteiger partial charge on any atom is -0.494 e. The van der Waals surface area contributed by atoms with Crippen LogP contribution in [0.2, 0.25) is 0 Å². The van der Waals surface area contributed by atoms with E-state index in [9.17, 15) is 14.4 Å². The highest BCUT2D eigenvalue weighted by molar-refractivity contribution is 6.09. The number of nitrogens with zero attached hydrogens (tertiary/aromatic N) is 1. The first-order valence-corrected chi connectivity index (χ1v) is 10.8. The third-order valence-electron chi connectivity index (χ3n) is 5.48. The molecule has 164 valence electrons. The molecule has 0 radical (unpaired) electrons. The molecule has 2 aromatic rings. The average Bonchev–Trinajstić information content (AvgIpc) is 3.05. The molecule has 3 rings (SSSR count). The van der Waals surface area contributed by atoms with Gasteiger partial charge in [-0.1, -0.05) is 63.4 Å². The number of amides is 4. The van der Waals surface area contributed by atoms with E-state index < -0.39 is 23.4 Å². The van der Waals surface area contributed by atoms with Gasteiger partial charge in [-0.3, -0.25) is 15.0 Å². The van der Waals surface area contributed by atoms with Gasteiger partial charge < -0.3 is 10.1 Å². The summed E-state index contributed by atoms with van der Waals surface area (Å²) in [7, 11) is 0. The zero-order valence-corrected chi connectivity index (χ0v) is 18.0. The second-order valence-electron chi connectivity index (χ2n) is 7.57. The number of hydrazine groups is 1. The van der Waals surface area contributed by atoms with Crippen LogP contribution in [-0.2, 0) is 10.3 Å². The Morgan fingerprint density at radius 2 is 1.71 bits per heavy atom. The molecule has 31 heavy (non-hydrogen) atoms. The van der Waals surface area contributed by atoms with Gasteiger partial charge in [-0.05, 0) is 42.7 Å². The largest absolute Gasteiger partial charge is 0.494 e. The Bertz CT molecular complexity index is 914. The molecular formula is C24H29N3O4. The number of hydrogen-bond donors (Lipinski definition) is 2. The van der Waals surface area contributed by atoms with Crippen molar-refractivity contribution in [3.05, 3.63) is 65.7 Å². The van der Waals surface area contributed by atoms with Gasteiger partial charge in [0.1, 0.15) is 11.3 Å². The maximum atomic E-state index is 13.1. The monoisotopic (exact) mass is 423 g/mol. The number of carbonyl (C=O) groups is 3. The molecule has 4 amide bonds. The first-order valence-electron chi connectivity index (χ1n) is 10.8. The smallest absolute Gasteiger partial charge is 0.344 e. The molecule has 0 aliphatic carbocycles. The summed E-state index contributed by atoms with van der Waals surface area (Å²) in [4.78, 5) is 38.2. The number of hydrogen-bond acceptors (Lipinski definition) is 4. The van der Waals surface area contributed by atoms with Gasteiger partial charge >= 0.3 is 6.03 Å². The van der Waals surface area contributed by atoms with Crippen molar-refractivity contribution in [2.45, 2.75) is 51.5 Å². The fourth-order valence-corrected chi connectivity index (χ4v) is 3.63. The first-order chi connectivity index (χ1) is 15.0. The number of benzene rings is 2. The molecule has 1 saturated heterocycles. The van der Waals surface area contributed by atoms with Gasteiger partial charge in [0, 0.05) is 5.56 Å². The van der Waals surface area contributed by atoms with Gasteiger partial charge in [-0.25, -0.2) is 4.79 Å². The Morgan fingerprint density at radius 1 is 1.00 bits per heavy atom. The summed E-state index contributed by atoms with van der Waals surface area (Å²) >= 11 is 0. The molecule has 1 fully saturated rings. The molecule has 0 aromatic heterocycles. The van der Waals surface area contributed by atoms with E-state index in [1.807, 2.05) is 13.0 Å². The first kappa shape index (κ1) is 22.3. The highest BCUT2D eigenvalue weighted by Gasteiger charge is 2.52. The summed E-state index contributed by atoms with van der Waals surface area (Å²) in [5.74, 6) is -0.373. The summed E-state index contributed by atoms with van der Waals surface area (Å²) in [5.41, 5.74) is 2.24. The normalized spacial score (nSPS) is 18.1. The molecule has 0 unspecified atom stereocenters. The lowest BCUT2D eigenvalue weighted by Gasteiger charge is -2.25. The predicted molar refractivity (Wildman–Crippen MR) is 117 cm³/mol. The highest BCUT2D eigenvalue weighted by Crippen LogP contribution is 2.31. The molecule has 1 aliphatic heterocycles. The second kappa shape index (κ2) is 10.1. The van der Waals surface area contributed by atoms with Gasteiger partial charge in [0.25, 0.3) is 11.8 Å². The van der Waals surface area contributed by atoms with Crippen LogP contribution < -0.4 is 15.5 Å². The molecule has 2 aromatic carbocycles. The zero-order chi connectivity index (χ0) is 22.3. The number of rotatable bonds is 10. The lowest BCUT2D eigenvalue weighted by Crippen LogP contribution is -2.48. The number of nitrogens with one attached hydrogen (secondary N) is 2. The Morgan fingerprint density at radius 3 is 2.35 bits per heavy atom. The Labute approximate surface area is 182 Å². The van der Waals surface area contributed by atoms with Crippen molar-refractivity contribution in [3.8, 4) is 5.75 Å². The summed E-state index contributed by atoms with van der Waals surface area (Å²) in [5, 5.41) is 3.50. The average molecular weight is 424 g/mol. The molecule has 0 spiro atoms. The summed E-state index contributed by atoms with van der Waals surface area (Å²) in [6.07, 6.45) is 4.84. The molecule has 0 bridgehead atoms. The van der Waals surface area contributed by atoms with Crippen LogP contribution in [0.1, 0.15) is 61.9 Å².